The minimum atomic E-state index is -0.224. The third kappa shape index (κ3) is 3.71. The predicted octanol–water partition coefficient (Wildman–Crippen LogP) is 5.00. The lowest BCUT2D eigenvalue weighted by Crippen LogP contribution is -2.28. The number of nitrogens with one attached hydrogen (secondary N) is 2. The average Bonchev–Trinajstić information content (AvgIpc) is 2.91. The van der Waals surface area contributed by atoms with Crippen molar-refractivity contribution in [2.75, 3.05) is 5.32 Å². The van der Waals surface area contributed by atoms with Gasteiger partial charge in [0.1, 0.15) is 5.01 Å². The summed E-state index contributed by atoms with van der Waals surface area (Å²) in [6.45, 7) is 4.36. The Kier molecular flexibility index (Phi) is 4.63. The van der Waals surface area contributed by atoms with E-state index in [-0.39, 0.29) is 6.03 Å². The second-order valence-electron chi connectivity index (χ2n) is 5.30. The van der Waals surface area contributed by atoms with Gasteiger partial charge >= 0.3 is 6.03 Å². The normalized spacial score (nSPS) is 10.7. The third-order valence-electron chi connectivity index (χ3n) is 3.47. The number of amides is 2. The molecule has 0 saturated heterocycles. The highest BCUT2D eigenvalue weighted by Gasteiger charge is 2.09. The molecule has 2 N–H and O–H groups in total. The largest absolute Gasteiger partial charge is 0.331 e. The van der Waals surface area contributed by atoms with Gasteiger partial charge in [0.15, 0.2) is 0 Å². The molecule has 0 spiro atoms. The number of nitrogens with zero attached hydrogens (tertiary/aromatic N) is 1. The lowest BCUT2D eigenvalue weighted by Gasteiger charge is -2.12. The second kappa shape index (κ2) is 6.68. The number of carbonyl (C=O) groups excluding carboxylic acids is 1. The molecule has 0 aliphatic rings. The van der Waals surface area contributed by atoms with Gasteiger partial charge in [0.05, 0.1) is 16.8 Å². The van der Waals surface area contributed by atoms with Crippen LogP contribution in [0.2, 0.25) is 0 Å². The summed E-state index contributed by atoms with van der Waals surface area (Å²) < 4.78 is 2.14. The molecule has 118 valence electrons. The summed E-state index contributed by atoms with van der Waals surface area (Å²) in [7, 11) is 0. The van der Waals surface area contributed by atoms with Gasteiger partial charge in [-0.3, -0.25) is 0 Å². The second-order valence-corrected chi connectivity index (χ2v) is 7.33. The maximum Gasteiger partial charge on any atom is 0.319 e. The van der Waals surface area contributed by atoms with Gasteiger partial charge in [-0.05, 0) is 49.2 Å². The first-order valence-corrected chi connectivity index (χ1v) is 8.80. The third-order valence-corrected chi connectivity index (χ3v) is 4.97. The Balaban J connectivity index is 1.66. The topological polar surface area (TPSA) is 54.0 Å². The van der Waals surface area contributed by atoms with Crippen LogP contribution < -0.4 is 10.6 Å². The van der Waals surface area contributed by atoms with Crippen molar-refractivity contribution in [3.63, 3.8) is 0 Å². The van der Waals surface area contributed by atoms with Crippen LogP contribution in [-0.2, 0) is 6.54 Å². The molecular formula is C17H16BrN3OS. The molecule has 2 amide bonds. The Morgan fingerprint density at radius 3 is 2.61 bits per heavy atom. The number of fused-ring (bicyclic) bond motifs is 1. The smallest absolute Gasteiger partial charge is 0.319 e. The first-order valence-electron chi connectivity index (χ1n) is 7.19. The Morgan fingerprint density at radius 1 is 1.22 bits per heavy atom. The van der Waals surface area contributed by atoms with Crippen LogP contribution in [0.25, 0.3) is 10.2 Å². The Hall–Kier alpha value is -1.92. The molecule has 1 heterocycles. The molecule has 4 nitrogen and oxygen atoms in total. The van der Waals surface area contributed by atoms with Crippen molar-refractivity contribution in [1.82, 2.24) is 10.3 Å². The number of rotatable bonds is 3. The highest BCUT2D eigenvalue weighted by Crippen LogP contribution is 2.25. The number of urea groups is 1. The Bertz CT molecular complexity index is 819. The maximum atomic E-state index is 12.1. The molecule has 0 saturated carbocycles. The summed E-state index contributed by atoms with van der Waals surface area (Å²) in [6.07, 6.45) is 0. The summed E-state index contributed by atoms with van der Waals surface area (Å²) in [5.74, 6) is 0. The van der Waals surface area contributed by atoms with Crippen LogP contribution in [0, 0.1) is 13.8 Å². The summed E-state index contributed by atoms with van der Waals surface area (Å²) in [5, 5.41) is 6.67. The van der Waals surface area contributed by atoms with E-state index in [9.17, 15) is 4.79 Å². The number of aryl methyl sites for hydroxylation is 2. The van der Waals surface area contributed by atoms with E-state index in [4.69, 9.17) is 0 Å². The highest BCUT2D eigenvalue weighted by molar-refractivity contribution is 9.10. The number of anilines is 1. The van der Waals surface area contributed by atoms with Crippen LogP contribution in [0.3, 0.4) is 0 Å². The fourth-order valence-corrected chi connectivity index (χ4v) is 4.01. The standard InChI is InChI=1S/C17H16BrN3OS/c1-10-7-12(18)8-11(2)16(10)21-17(22)19-9-15-20-13-5-3-4-6-14(13)23-15/h3-8H,9H2,1-2H3,(H2,19,21,22). The minimum absolute atomic E-state index is 0.224. The van der Waals surface area contributed by atoms with Crippen molar-refractivity contribution in [3.8, 4) is 0 Å². The van der Waals surface area contributed by atoms with Crippen LogP contribution in [0.15, 0.2) is 40.9 Å². The zero-order valence-electron chi connectivity index (χ0n) is 12.8. The molecule has 6 heteroatoms. The summed E-state index contributed by atoms with van der Waals surface area (Å²) in [4.78, 5) is 16.6. The Labute approximate surface area is 147 Å². The van der Waals surface area contributed by atoms with Crippen molar-refractivity contribution < 1.29 is 4.79 Å². The fourth-order valence-electron chi connectivity index (χ4n) is 2.42. The summed E-state index contributed by atoms with van der Waals surface area (Å²) in [6, 6.07) is 11.7. The van der Waals surface area contributed by atoms with E-state index in [0.717, 1.165) is 36.5 Å². The first kappa shape index (κ1) is 16.0. The number of halogens is 1. The number of hydrogen-bond acceptors (Lipinski definition) is 3. The van der Waals surface area contributed by atoms with E-state index in [1.165, 1.54) is 0 Å². The molecule has 0 bridgehead atoms. The van der Waals surface area contributed by atoms with E-state index < -0.39 is 0 Å². The van der Waals surface area contributed by atoms with Gasteiger partial charge in [-0.2, -0.15) is 0 Å². The molecule has 3 aromatic rings. The predicted molar refractivity (Wildman–Crippen MR) is 99.1 cm³/mol. The van der Waals surface area contributed by atoms with Crippen molar-refractivity contribution in [3.05, 3.63) is 57.0 Å². The van der Waals surface area contributed by atoms with Crippen LogP contribution in [-0.4, -0.2) is 11.0 Å². The highest BCUT2D eigenvalue weighted by atomic mass is 79.9. The molecule has 0 unspecified atom stereocenters. The van der Waals surface area contributed by atoms with Gasteiger partial charge in [0, 0.05) is 10.2 Å². The molecule has 2 aromatic carbocycles. The molecule has 23 heavy (non-hydrogen) atoms. The quantitative estimate of drug-likeness (QED) is 0.662. The maximum absolute atomic E-state index is 12.1. The number of carbonyl (C=O) groups is 1. The minimum Gasteiger partial charge on any atom is -0.331 e. The molecule has 3 rings (SSSR count). The molecule has 0 fully saturated rings. The molecule has 0 aliphatic carbocycles. The van der Waals surface area contributed by atoms with Crippen LogP contribution in [0.4, 0.5) is 10.5 Å². The SMILES string of the molecule is Cc1cc(Br)cc(C)c1NC(=O)NCc1nc2ccccc2s1. The summed E-state index contributed by atoms with van der Waals surface area (Å²) >= 11 is 5.05. The van der Waals surface area contributed by atoms with Gasteiger partial charge in [-0.1, -0.05) is 28.1 Å². The zero-order valence-corrected chi connectivity index (χ0v) is 15.2. The summed E-state index contributed by atoms with van der Waals surface area (Å²) in [5.41, 5.74) is 3.85. The molecule has 1 aromatic heterocycles. The van der Waals surface area contributed by atoms with Gasteiger partial charge < -0.3 is 10.6 Å². The molecular weight excluding hydrogens is 374 g/mol. The van der Waals surface area contributed by atoms with E-state index in [1.807, 2.05) is 50.2 Å². The van der Waals surface area contributed by atoms with Crippen molar-refractivity contribution in [1.29, 1.82) is 0 Å². The van der Waals surface area contributed by atoms with E-state index >= 15 is 0 Å². The van der Waals surface area contributed by atoms with Gasteiger partial charge in [-0.25, -0.2) is 9.78 Å². The number of thiazole rings is 1. The number of aromatic nitrogens is 1. The van der Waals surface area contributed by atoms with Crippen molar-refractivity contribution in [2.45, 2.75) is 20.4 Å². The monoisotopic (exact) mass is 389 g/mol. The van der Waals surface area contributed by atoms with Crippen LogP contribution >= 0.6 is 27.3 Å². The van der Waals surface area contributed by atoms with Crippen molar-refractivity contribution in [2.24, 2.45) is 0 Å². The lowest BCUT2D eigenvalue weighted by atomic mass is 10.1. The number of benzene rings is 2. The van der Waals surface area contributed by atoms with Crippen LogP contribution in [0.5, 0.6) is 0 Å². The van der Waals surface area contributed by atoms with Gasteiger partial charge in [-0.15, -0.1) is 11.3 Å². The van der Waals surface area contributed by atoms with Crippen molar-refractivity contribution >= 4 is 49.2 Å². The number of para-hydroxylation sites is 1. The van der Waals surface area contributed by atoms with E-state index in [0.29, 0.717) is 6.54 Å². The molecule has 0 aliphatic heterocycles. The molecule has 0 atom stereocenters. The van der Waals surface area contributed by atoms with E-state index in [2.05, 4.69) is 31.5 Å². The Morgan fingerprint density at radius 2 is 1.91 bits per heavy atom. The fraction of sp³-hybridized carbons (Fsp3) is 0.176. The first-order chi connectivity index (χ1) is 11.0. The lowest BCUT2D eigenvalue weighted by molar-refractivity contribution is 0.251. The zero-order chi connectivity index (χ0) is 16.4. The number of hydrogen-bond donors (Lipinski definition) is 2. The average molecular weight is 390 g/mol. The van der Waals surface area contributed by atoms with Crippen LogP contribution in [0.1, 0.15) is 16.1 Å². The van der Waals surface area contributed by atoms with Gasteiger partial charge in [0.2, 0.25) is 0 Å². The van der Waals surface area contributed by atoms with Gasteiger partial charge in [0.25, 0.3) is 0 Å². The van der Waals surface area contributed by atoms with E-state index in [1.54, 1.807) is 11.3 Å². The molecule has 0 radical (unpaired) electrons.